The van der Waals surface area contributed by atoms with Crippen molar-refractivity contribution in [1.29, 1.82) is 0 Å². The molecular formula is C16H21F2N5O2S. The minimum absolute atomic E-state index is 0.0876. The number of amides is 2. The molecule has 0 saturated heterocycles. The molecule has 2 amide bonds. The van der Waals surface area contributed by atoms with E-state index in [9.17, 15) is 18.4 Å². The molecule has 2 N–H and O–H groups in total. The van der Waals surface area contributed by atoms with Crippen LogP contribution in [0.4, 0.5) is 13.9 Å². The molecule has 0 aliphatic heterocycles. The van der Waals surface area contributed by atoms with Crippen molar-refractivity contribution in [3.05, 3.63) is 18.1 Å². The minimum atomic E-state index is -2.72. The van der Waals surface area contributed by atoms with Gasteiger partial charge >= 0.3 is 6.55 Å². The number of nitrogens with zero attached hydrogens (tertiary/aromatic N) is 3. The highest BCUT2D eigenvalue weighted by molar-refractivity contribution is 7.19. The Hall–Kier alpha value is -2.36. The van der Waals surface area contributed by atoms with E-state index in [2.05, 4.69) is 20.6 Å². The SMILES string of the molecule is Cc1nc(NC(=O)[C@H](C)NC(=O)C(C)(C)C)sc1-c1nccn1C(F)F. The van der Waals surface area contributed by atoms with Crippen LogP contribution in [0.15, 0.2) is 12.4 Å². The van der Waals surface area contributed by atoms with Crippen LogP contribution in [0.1, 0.15) is 39.9 Å². The van der Waals surface area contributed by atoms with Gasteiger partial charge in [-0.1, -0.05) is 32.1 Å². The first-order valence-corrected chi connectivity index (χ1v) is 8.73. The van der Waals surface area contributed by atoms with Crippen molar-refractivity contribution in [1.82, 2.24) is 19.9 Å². The first-order chi connectivity index (χ1) is 12.0. The summed E-state index contributed by atoms with van der Waals surface area (Å²) in [6, 6.07) is -0.766. The number of aryl methyl sites for hydroxylation is 1. The fourth-order valence-electron chi connectivity index (χ4n) is 2.00. The third-order valence-electron chi connectivity index (χ3n) is 3.53. The lowest BCUT2D eigenvalue weighted by Gasteiger charge is -2.21. The molecule has 2 aromatic rings. The summed E-state index contributed by atoms with van der Waals surface area (Å²) in [6.07, 6.45) is 2.46. The summed E-state index contributed by atoms with van der Waals surface area (Å²) < 4.78 is 26.8. The number of nitrogens with one attached hydrogen (secondary N) is 2. The zero-order valence-electron chi connectivity index (χ0n) is 15.1. The van der Waals surface area contributed by atoms with Crippen LogP contribution in [-0.4, -0.2) is 32.4 Å². The Morgan fingerprint density at radius 3 is 2.54 bits per heavy atom. The van der Waals surface area contributed by atoms with Gasteiger partial charge in [0, 0.05) is 17.8 Å². The number of alkyl halides is 2. The number of aromatic nitrogens is 3. The van der Waals surface area contributed by atoms with Crippen LogP contribution >= 0.6 is 11.3 Å². The number of carbonyl (C=O) groups excluding carboxylic acids is 2. The van der Waals surface area contributed by atoms with Gasteiger partial charge in [0.15, 0.2) is 11.0 Å². The van der Waals surface area contributed by atoms with E-state index in [-0.39, 0.29) is 16.9 Å². The number of hydrogen-bond donors (Lipinski definition) is 2. The number of thiazole rings is 1. The molecule has 2 heterocycles. The average molecular weight is 385 g/mol. The maximum absolute atomic E-state index is 13.0. The number of hydrogen-bond acceptors (Lipinski definition) is 5. The molecule has 7 nitrogen and oxygen atoms in total. The zero-order chi connectivity index (χ0) is 19.6. The van der Waals surface area contributed by atoms with Gasteiger partial charge in [0.2, 0.25) is 11.8 Å². The second-order valence-corrected chi connectivity index (χ2v) is 7.80. The Kier molecular flexibility index (Phi) is 5.74. The molecule has 10 heteroatoms. The molecule has 0 radical (unpaired) electrons. The smallest absolute Gasteiger partial charge is 0.320 e. The Labute approximate surface area is 153 Å². The number of imidazole rings is 1. The van der Waals surface area contributed by atoms with E-state index in [4.69, 9.17) is 0 Å². The van der Waals surface area contributed by atoms with Gasteiger partial charge in [-0.25, -0.2) is 9.97 Å². The van der Waals surface area contributed by atoms with Gasteiger partial charge < -0.3 is 10.6 Å². The number of carbonyl (C=O) groups is 2. The topological polar surface area (TPSA) is 88.9 Å². The number of rotatable bonds is 5. The summed E-state index contributed by atoms with van der Waals surface area (Å²) in [5, 5.41) is 5.48. The molecular weight excluding hydrogens is 364 g/mol. The largest absolute Gasteiger partial charge is 0.344 e. The quantitative estimate of drug-likeness (QED) is 0.827. The molecule has 142 valence electrons. The lowest BCUT2D eigenvalue weighted by atomic mass is 9.95. The van der Waals surface area contributed by atoms with E-state index >= 15 is 0 Å². The molecule has 0 fully saturated rings. The Bertz CT molecular complexity index is 810. The molecule has 0 saturated carbocycles. The molecule has 26 heavy (non-hydrogen) atoms. The van der Waals surface area contributed by atoms with E-state index in [1.807, 2.05) is 0 Å². The van der Waals surface area contributed by atoms with Crippen LogP contribution in [0.3, 0.4) is 0 Å². The second kappa shape index (κ2) is 7.48. The molecule has 2 aromatic heterocycles. The van der Waals surface area contributed by atoms with Crippen LogP contribution in [0.2, 0.25) is 0 Å². The summed E-state index contributed by atoms with van der Waals surface area (Å²) in [4.78, 5) is 32.8. The van der Waals surface area contributed by atoms with Crippen molar-refractivity contribution in [2.75, 3.05) is 5.32 Å². The highest BCUT2D eigenvalue weighted by Gasteiger charge is 2.26. The molecule has 0 bridgehead atoms. The Morgan fingerprint density at radius 2 is 1.96 bits per heavy atom. The summed E-state index contributed by atoms with van der Waals surface area (Å²) >= 11 is 1.05. The standard InChI is InChI=1S/C16H21F2N5O2S/c1-8-10(11-19-6-7-23(11)14(17)18)26-15(21-8)22-12(24)9(2)20-13(25)16(3,4)5/h6-7,9,14H,1-5H3,(H,20,25)(H,21,22,24)/t9-/m0/s1. The predicted octanol–water partition coefficient (Wildman–Crippen LogP) is 3.20. The fourth-order valence-corrected chi connectivity index (χ4v) is 2.97. The average Bonchev–Trinajstić information content (AvgIpc) is 3.12. The number of anilines is 1. The van der Waals surface area contributed by atoms with Crippen LogP contribution in [-0.2, 0) is 9.59 Å². The predicted molar refractivity (Wildman–Crippen MR) is 95.0 cm³/mol. The van der Waals surface area contributed by atoms with Gasteiger partial charge in [-0.05, 0) is 13.8 Å². The lowest BCUT2D eigenvalue weighted by molar-refractivity contribution is -0.131. The molecule has 1 atom stereocenters. The van der Waals surface area contributed by atoms with Crippen molar-refractivity contribution in [3.63, 3.8) is 0 Å². The van der Waals surface area contributed by atoms with Gasteiger partial charge in [0.25, 0.3) is 0 Å². The van der Waals surface area contributed by atoms with E-state index in [1.54, 1.807) is 34.6 Å². The van der Waals surface area contributed by atoms with Gasteiger partial charge in [-0.15, -0.1) is 0 Å². The molecule has 0 unspecified atom stereocenters. The first-order valence-electron chi connectivity index (χ1n) is 7.91. The number of halogens is 2. The Morgan fingerprint density at radius 1 is 1.31 bits per heavy atom. The monoisotopic (exact) mass is 385 g/mol. The highest BCUT2D eigenvalue weighted by atomic mass is 32.1. The van der Waals surface area contributed by atoms with Crippen molar-refractivity contribution in [2.24, 2.45) is 5.41 Å². The minimum Gasteiger partial charge on any atom is -0.344 e. The summed E-state index contributed by atoms with van der Waals surface area (Å²) in [7, 11) is 0. The Balaban J connectivity index is 2.13. The zero-order valence-corrected chi connectivity index (χ0v) is 15.9. The third kappa shape index (κ3) is 4.43. The molecule has 0 aliphatic rings. The lowest BCUT2D eigenvalue weighted by Crippen LogP contribution is -2.46. The van der Waals surface area contributed by atoms with Crippen molar-refractivity contribution < 1.29 is 18.4 Å². The molecule has 0 aliphatic carbocycles. The van der Waals surface area contributed by atoms with Crippen molar-refractivity contribution >= 4 is 28.3 Å². The van der Waals surface area contributed by atoms with Crippen LogP contribution in [0.5, 0.6) is 0 Å². The van der Waals surface area contributed by atoms with E-state index in [1.165, 1.54) is 12.4 Å². The van der Waals surface area contributed by atoms with E-state index in [0.29, 0.717) is 10.6 Å². The van der Waals surface area contributed by atoms with Gasteiger partial charge in [0.05, 0.1) is 10.6 Å². The maximum atomic E-state index is 13.0. The van der Waals surface area contributed by atoms with Crippen molar-refractivity contribution in [2.45, 2.75) is 47.2 Å². The summed E-state index contributed by atoms with van der Waals surface area (Å²) in [6.45, 7) is 5.72. The molecule has 0 spiro atoms. The molecule has 0 aromatic carbocycles. The van der Waals surface area contributed by atoms with E-state index < -0.39 is 23.9 Å². The fraction of sp³-hybridized carbons (Fsp3) is 0.500. The second-order valence-electron chi connectivity index (χ2n) is 6.80. The van der Waals surface area contributed by atoms with Crippen LogP contribution in [0.25, 0.3) is 10.7 Å². The first kappa shape index (κ1) is 20.0. The van der Waals surface area contributed by atoms with E-state index in [0.717, 1.165) is 15.9 Å². The van der Waals surface area contributed by atoms with Crippen LogP contribution < -0.4 is 10.6 Å². The summed E-state index contributed by atoms with van der Waals surface area (Å²) in [5.74, 6) is -0.611. The van der Waals surface area contributed by atoms with Crippen molar-refractivity contribution in [3.8, 4) is 10.7 Å². The maximum Gasteiger partial charge on any atom is 0.320 e. The van der Waals surface area contributed by atoms with Gasteiger partial charge in [-0.3, -0.25) is 14.2 Å². The van der Waals surface area contributed by atoms with Gasteiger partial charge in [-0.2, -0.15) is 8.78 Å². The molecule has 2 rings (SSSR count). The highest BCUT2D eigenvalue weighted by Crippen LogP contribution is 2.33. The summed E-state index contributed by atoms with van der Waals surface area (Å²) in [5.41, 5.74) is -0.143. The van der Waals surface area contributed by atoms with Gasteiger partial charge in [0.1, 0.15) is 6.04 Å². The third-order valence-corrected chi connectivity index (χ3v) is 4.60. The van der Waals surface area contributed by atoms with Crippen LogP contribution in [0, 0.1) is 12.3 Å². The normalized spacial score (nSPS) is 12.9.